The summed E-state index contributed by atoms with van der Waals surface area (Å²) >= 11 is 1.85. The largest absolute Gasteiger partial charge is 0.353 e. The Morgan fingerprint density at radius 1 is 1.23 bits per heavy atom. The highest BCUT2D eigenvalue weighted by atomic mass is 32.1. The van der Waals surface area contributed by atoms with E-state index >= 15 is 0 Å². The predicted octanol–water partition coefficient (Wildman–Crippen LogP) is 1.99. The third kappa shape index (κ3) is 3.46. The SMILES string of the molecule is C=CCNC(=O)CN1CCN(c2ncnc3sc4c(c23)CCCC4)CC1. The molecule has 0 aromatic carbocycles. The molecule has 1 fully saturated rings. The second-order valence-corrected chi connectivity index (χ2v) is 8.03. The van der Waals surface area contributed by atoms with E-state index in [1.807, 2.05) is 11.3 Å². The summed E-state index contributed by atoms with van der Waals surface area (Å²) in [6.45, 7) is 8.15. The van der Waals surface area contributed by atoms with Crippen molar-refractivity contribution in [3.05, 3.63) is 29.4 Å². The summed E-state index contributed by atoms with van der Waals surface area (Å²) in [6.07, 6.45) is 8.30. The maximum absolute atomic E-state index is 11.9. The third-order valence-corrected chi connectivity index (χ3v) is 6.41. The van der Waals surface area contributed by atoms with Crippen LogP contribution < -0.4 is 10.2 Å². The van der Waals surface area contributed by atoms with E-state index in [0.29, 0.717) is 13.1 Å². The summed E-state index contributed by atoms with van der Waals surface area (Å²) in [5, 5.41) is 4.13. The number of hydrogen-bond acceptors (Lipinski definition) is 6. The number of hydrogen-bond donors (Lipinski definition) is 1. The predicted molar refractivity (Wildman–Crippen MR) is 106 cm³/mol. The summed E-state index contributed by atoms with van der Waals surface area (Å²) in [5.74, 6) is 1.15. The first kappa shape index (κ1) is 17.4. The second-order valence-electron chi connectivity index (χ2n) is 6.94. The highest BCUT2D eigenvalue weighted by molar-refractivity contribution is 7.19. The normalized spacial score (nSPS) is 17.9. The Hall–Kier alpha value is -1.99. The van der Waals surface area contributed by atoms with Crippen molar-refractivity contribution in [2.75, 3.05) is 44.2 Å². The van der Waals surface area contributed by atoms with Crippen LogP contribution in [0.4, 0.5) is 5.82 Å². The van der Waals surface area contributed by atoms with Gasteiger partial charge in [-0.05, 0) is 31.2 Å². The van der Waals surface area contributed by atoms with Crippen LogP contribution in [0.2, 0.25) is 0 Å². The van der Waals surface area contributed by atoms with E-state index in [4.69, 9.17) is 0 Å². The molecule has 1 aliphatic carbocycles. The molecule has 2 aliphatic rings. The Kier molecular flexibility index (Phi) is 5.17. The molecule has 0 spiro atoms. The molecule has 3 heterocycles. The van der Waals surface area contributed by atoms with Gasteiger partial charge in [0.1, 0.15) is 17.0 Å². The van der Waals surface area contributed by atoms with E-state index in [1.54, 1.807) is 12.4 Å². The van der Waals surface area contributed by atoms with Gasteiger partial charge in [-0.3, -0.25) is 9.69 Å². The zero-order valence-electron chi connectivity index (χ0n) is 15.0. The highest BCUT2D eigenvalue weighted by Crippen LogP contribution is 2.39. The fourth-order valence-corrected chi connectivity index (χ4v) is 5.10. The van der Waals surface area contributed by atoms with Crippen molar-refractivity contribution in [2.45, 2.75) is 25.7 Å². The molecule has 0 atom stereocenters. The molecule has 0 unspecified atom stereocenters. The first-order valence-electron chi connectivity index (χ1n) is 9.36. The summed E-state index contributed by atoms with van der Waals surface area (Å²) in [6, 6.07) is 0. The van der Waals surface area contributed by atoms with Crippen molar-refractivity contribution in [2.24, 2.45) is 0 Å². The molecule has 1 amide bonds. The first-order chi connectivity index (χ1) is 12.8. The zero-order valence-corrected chi connectivity index (χ0v) is 15.9. The molecule has 1 aliphatic heterocycles. The molecule has 1 saturated heterocycles. The van der Waals surface area contributed by atoms with E-state index in [-0.39, 0.29) is 5.91 Å². The molecule has 1 N–H and O–H groups in total. The van der Waals surface area contributed by atoms with Crippen LogP contribution in [0.5, 0.6) is 0 Å². The maximum atomic E-state index is 11.9. The summed E-state index contributed by atoms with van der Waals surface area (Å²) in [5.41, 5.74) is 1.48. The topological polar surface area (TPSA) is 61.4 Å². The van der Waals surface area contributed by atoms with Crippen molar-refractivity contribution in [1.82, 2.24) is 20.2 Å². The average molecular weight is 372 g/mol. The lowest BCUT2D eigenvalue weighted by atomic mass is 9.97. The Morgan fingerprint density at radius 3 is 2.85 bits per heavy atom. The number of carbonyl (C=O) groups is 1. The fourth-order valence-electron chi connectivity index (χ4n) is 3.88. The lowest BCUT2D eigenvalue weighted by Gasteiger charge is -2.35. The van der Waals surface area contributed by atoms with Crippen molar-refractivity contribution in [3.63, 3.8) is 0 Å². The number of rotatable bonds is 5. The van der Waals surface area contributed by atoms with Gasteiger partial charge in [-0.25, -0.2) is 9.97 Å². The van der Waals surface area contributed by atoms with Crippen LogP contribution in [0.25, 0.3) is 10.2 Å². The fraction of sp³-hybridized carbons (Fsp3) is 0.526. The van der Waals surface area contributed by atoms with E-state index in [0.717, 1.165) is 43.2 Å². The molecule has 4 rings (SSSR count). The van der Waals surface area contributed by atoms with Gasteiger partial charge in [0.2, 0.25) is 5.91 Å². The van der Waals surface area contributed by atoms with Crippen LogP contribution in [0, 0.1) is 0 Å². The quantitative estimate of drug-likeness (QED) is 0.815. The monoisotopic (exact) mass is 371 g/mol. The van der Waals surface area contributed by atoms with E-state index in [2.05, 4.69) is 31.7 Å². The molecule has 6 nitrogen and oxygen atoms in total. The van der Waals surface area contributed by atoms with Gasteiger partial charge in [-0.1, -0.05) is 6.08 Å². The van der Waals surface area contributed by atoms with Crippen LogP contribution in [0.15, 0.2) is 19.0 Å². The molecule has 138 valence electrons. The summed E-state index contributed by atoms with van der Waals surface area (Å²) in [4.78, 5) is 28.3. The maximum Gasteiger partial charge on any atom is 0.234 e. The Balaban J connectivity index is 1.47. The van der Waals surface area contributed by atoms with E-state index in [9.17, 15) is 4.79 Å². The van der Waals surface area contributed by atoms with E-state index < -0.39 is 0 Å². The third-order valence-electron chi connectivity index (χ3n) is 5.21. The number of thiophene rings is 1. The molecular weight excluding hydrogens is 346 g/mol. The van der Waals surface area contributed by atoms with Crippen molar-refractivity contribution >= 4 is 33.3 Å². The summed E-state index contributed by atoms with van der Waals surface area (Å²) < 4.78 is 0. The van der Waals surface area contributed by atoms with E-state index in [1.165, 1.54) is 35.1 Å². The minimum atomic E-state index is 0.0645. The highest BCUT2D eigenvalue weighted by Gasteiger charge is 2.25. The Morgan fingerprint density at radius 2 is 2.04 bits per heavy atom. The molecule has 0 radical (unpaired) electrons. The van der Waals surface area contributed by atoms with Crippen LogP contribution in [0.3, 0.4) is 0 Å². The molecule has 0 bridgehead atoms. The number of piperazine rings is 1. The van der Waals surface area contributed by atoms with Crippen LogP contribution >= 0.6 is 11.3 Å². The van der Waals surface area contributed by atoms with Gasteiger partial charge in [0.05, 0.1) is 11.9 Å². The van der Waals surface area contributed by atoms with Gasteiger partial charge < -0.3 is 10.2 Å². The zero-order chi connectivity index (χ0) is 17.9. The van der Waals surface area contributed by atoms with Crippen molar-refractivity contribution in [3.8, 4) is 0 Å². The molecule has 2 aromatic rings. The number of amides is 1. The van der Waals surface area contributed by atoms with Crippen LogP contribution in [0.1, 0.15) is 23.3 Å². The van der Waals surface area contributed by atoms with Gasteiger partial charge in [0, 0.05) is 37.6 Å². The standard InChI is InChI=1S/C19H25N5OS/c1-2-7-20-16(25)12-23-8-10-24(11-9-23)18-17-14-5-3-4-6-15(14)26-19(17)22-13-21-18/h2,13H,1,3-12H2,(H,20,25). The van der Waals surface area contributed by atoms with Gasteiger partial charge >= 0.3 is 0 Å². The lowest BCUT2D eigenvalue weighted by Crippen LogP contribution is -2.49. The second kappa shape index (κ2) is 7.72. The van der Waals surface area contributed by atoms with Gasteiger partial charge in [0.15, 0.2) is 0 Å². The summed E-state index contributed by atoms with van der Waals surface area (Å²) in [7, 11) is 0. The number of aromatic nitrogens is 2. The minimum Gasteiger partial charge on any atom is -0.353 e. The number of anilines is 1. The lowest BCUT2D eigenvalue weighted by molar-refractivity contribution is -0.122. The molecule has 0 saturated carbocycles. The number of aryl methyl sites for hydroxylation is 2. The van der Waals surface area contributed by atoms with Crippen LogP contribution in [-0.4, -0.2) is 60.0 Å². The Labute approximate surface area is 157 Å². The number of nitrogens with one attached hydrogen (secondary N) is 1. The molecule has 26 heavy (non-hydrogen) atoms. The van der Waals surface area contributed by atoms with Crippen LogP contribution in [-0.2, 0) is 17.6 Å². The molecule has 7 heteroatoms. The van der Waals surface area contributed by atoms with Gasteiger partial charge in [-0.15, -0.1) is 17.9 Å². The number of carbonyl (C=O) groups excluding carboxylic acids is 1. The molecular formula is C19H25N5OS. The smallest absolute Gasteiger partial charge is 0.234 e. The number of fused-ring (bicyclic) bond motifs is 3. The first-order valence-corrected chi connectivity index (χ1v) is 10.2. The van der Waals surface area contributed by atoms with Gasteiger partial charge in [0.25, 0.3) is 0 Å². The minimum absolute atomic E-state index is 0.0645. The molecule has 2 aromatic heterocycles. The van der Waals surface area contributed by atoms with Gasteiger partial charge in [-0.2, -0.15) is 0 Å². The van der Waals surface area contributed by atoms with Crippen molar-refractivity contribution < 1.29 is 4.79 Å². The number of nitrogens with zero attached hydrogens (tertiary/aromatic N) is 4. The van der Waals surface area contributed by atoms with Crippen molar-refractivity contribution in [1.29, 1.82) is 0 Å². The average Bonchev–Trinajstić information content (AvgIpc) is 3.06. The Bertz CT molecular complexity index is 810.